The maximum Gasteiger partial charge on any atom is 0.416 e. The Hall–Kier alpha value is -2.54. The molecule has 0 fully saturated rings. The Morgan fingerprint density at radius 3 is 2.27 bits per heavy atom. The number of amides is 2. The Balaban J connectivity index is 2.18. The van der Waals surface area contributed by atoms with Crippen LogP contribution in [0.4, 0.5) is 24.5 Å². The van der Waals surface area contributed by atoms with E-state index in [2.05, 4.69) is 5.32 Å². The van der Waals surface area contributed by atoms with Crippen LogP contribution in [0.1, 0.15) is 18.1 Å². The van der Waals surface area contributed by atoms with E-state index in [1.165, 1.54) is 11.8 Å². The molecule has 0 bridgehead atoms. The predicted molar refractivity (Wildman–Crippen MR) is 94.3 cm³/mol. The number of hydrogen-bond acceptors (Lipinski definition) is 2. The van der Waals surface area contributed by atoms with Gasteiger partial charge in [-0.25, -0.2) is 0 Å². The van der Waals surface area contributed by atoms with Gasteiger partial charge in [-0.3, -0.25) is 9.59 Å². The van der Waals surface area contributed by atoms with Crippen LogP contribution in [0.25, 0.3) is 0 Å². The summed E-state index contributed by atoms with van der Waals surface area (Å²) in [5.74, 6) is -1.04. The molecule has 0 atom stereocenters. The number of nitrogens with zero attached hydrogens (tertiary/aromatic N) is 1. The molecule has 138 valence electrons. The van der Waals surface area contributed by atoms with E-state index in [1.807, 2.05) is 6.92 Å². The van der Waals surface area contributed by atoms with Crippen molar-refractivity contribution in [2.45, 2.75) is 20.0 Å². The van der Waals surface area contributed by atoms with Crippen LogP contribution in [-0.2, 0) is 15.8 Å². The minimum Gasteiger partial charge on any atom is -0.323 e. The lowest BCUT2D eigenvalue weighted by Crippen LogP contribution is -2.36. The van der Waals surface area contributed by atoms with Crippen LogP contribution in [0.15, 0.2) is 42.5 Å². The third-order valence-corrected chi connectivity index (χ3v) is 3.92. The molecule has 26 heavy (non-hydrogen) atoms. The van der Waals surface area contributed by atoms with E-state index >= 15 is 0 Å². The standard InChI is InChI=1S/C18H16ClF3N2O2/c1-11-3-6-14(7-4-11)24(12(2)25)10-17(26)23-16-9-13(18(20,21)22)5-8-15(16)19/h3-9H,10H2,1-2H3,(H,23,26). The molecule has 0 heterocycles. The summed E-state index contributed by atoms with van der Waals surface area (Å²) >= 11 is 5.86. The number of carbonyl (C=O) groups is 2. The molecule has 2 rings (SSSR count). The van der Waals surface area contributed by atoms with E-state index in [4.69, 9.17) is 11.6 Å². The molecule has 1 N–H and O–H groups in total. The van der Waals surface area contributed by atoms with Crippen LogP contribution < -0.4 is 10.2 Å². The van der Waals surface area contributed by atoms with Crippen molar-refractivity contribution in [2.24, 2.45) is 0 Å². The highest BCUT2D eigenvalue weighted by molar-refractivity contribution is 6.33. The van der Waals surface area contributed by atoms with Crippen molar-refractivity contribution in [1.29, 1.82) is 0 Å². The molecule has 2 aromatic rings. The molecule has 0 saturated carbocycles. The SMILES string of the molecule is CC(=O)N(CC(=O)Nc1cc(C(F)(F)F)ccc1Cl)c1ccc(C)cc1. The quantitative estimate of drug-likeness (QED) is 0.833. The van der Waals surface area contributed by atoms with Gasteiger partial charge >= 0.3 is 6.18 Å². The molecule has 2 amide bonds. The second kappa shape index (κ2) is 7.78. The van der Waals surface area contributed by atoms with E-state index in [0.717, 1.165) is 23.8 Å². The molecular weight excluding hydrogens is 369 g/mol. The highest BCUT2D eigenvalue weighted by atomic mass is 35.5. The number of alkyl halides is 3. The van der Waals surface area contributed by atoms with Crippen molar-refractivity contribution in [3.8, 4) is 0 Å². The Morgan fingerprint density at radius 2 is 1.73 bits per heavy atom. The lowest BCUT2D eigenvalue weighted by atomic mass is 10.2. The summed E-state index contributed by atoms with van der Waals surface area (Å²) in [6.45, 7) is 2.82. The monoisotopic (exact) mass is 384 g/mol. The maximum absolute atomic E-state index is 12.8. The van der Waals surface area contributed by atoms with Crippen LogP contribution in [0.5, 0.6) is 0 Å². The first-order valence-electron chi connectivity index (χ1n) is 7.59. The van der Waals surface area contributed by atoms with Gasteiger partial charge in [-0.2, -0.15) is 13.2 Å². The van der Waals surface area contributed by atoms with Crippen LogP contribution in [0.3, 0.4) is 0 Å². The van der Waals surface area contributed by atoms with Crippen molar-refractivity contribution in [2.75, 3.05) is 16.8 Å². The Bertz CT molecular complexity index is 820. The average molecular weight is 385 g/mol. The fourth-order valence-corrected chi connectivity index (χ4v) is 2.40. The molecule has 4 nitrogen and oxygen atoms in total. The van der Waals surface area contributed by atoms with Crippen LogP contribution in [0, 0.1) is 6.92 Å². The van der Waals surface area contributed by atoms with Crippen LogP contribution in [0.2, 0.25) is 5.02 Å². The van der Waals surface area contributed by atoms with Crippen LogP contribution in [-0.4, -0.2) is 18.4 Å². The Morgan fingerprint density at radius 1 is 1.12 bits per heavy atom. The van der Waals surface area contributed by atoms with E-state index in [9.17, 15) is 22.8 Å². The summed E-state index contributed by atoms with van der Waals surface area (Å²) in [7, 11) is 0. The smallest absolute Gasteiger partial charge is 0.323 e. The molecule has 2 aromatic carbocycles. The molecule has 0 saturated heterocycles. The van der Waals surface area contributed by atoms with E-state index in [1.54, 1.807) is 24.3 Å². The fourth-order valence-electron chi connectivity index (χ4n) is 2.24. The number of anilines is 2. The fraction of sp³-hybridized carbons (Fsp3) is 0.222. The van der Waals surface area contributed by atoms with Crippen LogP contribution >= 0.6 is 11.6 Å². The summed E-state index contributed by atoms with van der Waals surface area (Å²) in [4.78, 5) is 25.3. The van der Waals surface area contributed by atoms with E-state index < -0.39 is 17.6 Å². The second-order valence-electron chi connectivity index (χ2n) is 5.68. The summed E-state index contributed by atoms with van der Waals surface area (Å²) in [5.41, 5.74) is 0.392. The van der Waals surface area contributed by atoms with Crippen molar-refractivity contribution < 1.29 is 22.8 Å². The normalized spacial score (nSPS) is 11.2. The van der Waals surface area contributed by atoms with Gasteiger partial charge in [0.05, 0.1) is 16.3 Å². The highest BCUT2D eigenvalue weighted by Crippen LogP contribution is 2.33. The van der Waals surface area contributed by atoms with Crippen molar-refractivity contribution in [3.63, 3.8) is 0 Å². The third-order valence-electron chi connectivity index (χ3n) is 3.60. The van der Waals surface area contributed by atoms with E-state index in [-0.39, 0.29) is 23.2 Å². The maximum atomic E-state index is 12.8. The van der Waals surface area contributed by atoms with Crippen molar-refractivity contribution in [3.05, 3.63) is 58.6 Å². The number of carbonyl (C=O) groups excluding carboxylic acids is 2. The molecule has 0 unspecified atom stereocenters. The van der Waals surface area contributed by atoms with Gasteiger partial charge in [0.2, 0.25) is 11.8 Å². The number of benzene rings is 2. The zero-order chi connectivity index (χ0) is 19.5. The lowest BCUT2D eigenvalue weighted by molar-refractivity contribution is -0.137. The first-order valence-corrected chi connectivity index (χ1v) is 7.97. The molecule has 0 aliphatic rings. The van der Waals surface area contributed by atoms with Gasteiger partial charge in [0.25, 0.3) is 0 Å². The lowest BCUT2D eigenvalue weighted by Gasteiger charge is -2.21. The molecule has 0 aromatic heterocycles. The number of rotatable bonds is 4. The van der Waals surface area contributed by atoms with E-state index in [0.29, 0.717) is 5.69 Å². The largest absolute Gasteiger partial charge is 0.416 e. The zero-order valence-electron chi connectivity index (χ0n) is 14.0. The first-order chi connectivity index (χ1) is 12.1. The molecule has 0 spiro atoms. The van der Waals surface area contributed by atoms with Gasteiger partial charge in [0.1, 0.15) is 6.54 Å². The van der Waals surface area contributed by atoms with Gasteiger partial charge in [0, 0.05) is 12.6 Å². The van der Waals surface area contributed by atoms with Gasteiger partial charge in [0.15, 0.2) is 0 Å². The van der Waals surface area contributed by atoms with Gasteiger partial charge in [-0.15, -0.1) is 0 Å². The number of halogens is 4. The minimum atomic E-state index is -4.56. The molecular formula is C18H16ClF3N2O2. The Labute approximate surface area is 153 Å². The highest BCUT2D eigenvalue weighted by Gasteiger charge is 2.31. The van der Waals surface area contributed by atoms with Crippen molar-refractivity contribution >= 4 is 34.8 Å². The van der Waals surface area contributed by atoms with Gasteiger partial charge in [-0.1, -0.05) is 29.3 Å². The molecule has 0 aliphatic carbocycles. The predicted octanol–water partition coefficient (Wildman–Crippen LogP) is 4.66. The topological polar surface area (TPSA) is 49.4 Å². The number of nitrogens with one attached hydrogen (secondary N) is 1. The summed E-state index contributed by atoms with van der Waals surface area (Å²) < 4.78 is 38.4. The summed E-state index contributed by atoms with van der Waals surface area (Å²) in [5, 5.41) is 2.29. The summed E-state index contributed by atoms with van der Waals surface area (Å²) in [6.07, 6.45) is -4.56. The molecule has 8 heteroatoms. The van der Waals surface area contributed by atoms with Gasteiger partial charge < -0.3 is 10.2 Å². The number of aryl methyl sites for hydroxylation is 1. The average Bonchev–Trinajstić information content (AvgIpc) is 2.54. The number of hydrogen-bond donors (Lipinski definition) is 1. The second-order valence-corrected chi connectivity index (χ2v) is 6.09. The minimum absolute atomic E-state index is 0.0314. The zero-order valence-corrected chi connectivity index (χ0v) is 14.8. The molecule has 0 radical (unpaired) electrons. The third kappa shape index (κ3) is 4.98. The molecule has 0 aliphatic heterocycles. The van der Waals surface area contributed by atoms with Crippen molar-refractivity contribution in [1.82, 2.24) is 0 Å². The Kier molecular flexibility index (Phi) is 5.92. The summed E-state index contributed by atoms with van der Waals surface area (Å²) in [6, 6.07) is 9.57. The first kappa shape index (κ1) is 19.8. The van der Waals surface area contributed by atoms with Gasteiger partial charge in [-0.05, 0) is 37.3 Å².